The van der Waals surface area contributed by atoms with Crippen LogP contribution in [0.3, 0.4) is 0 Å². The van der Waals surface area contributed by atoms with Gasteiger partial charge < -0.3 is 54.7 Å². The number of aliphatic imine (C=N–C) groups is 1. The molecule has 2 rings (SSSR count). The first-order valence-corrected chi connectivity index (χ1v) is 13.9. The molecule has 0 saturated carbocycles. The number of carbonyl (C=O) groups is 5. The molecule has 1 heterocycles. The predicted octanol–water partition coefficient (Wildman–Crippen LogP) is -2.37. The van der Waals surface area contributed by atoms with Crippen LogP contribution in [-0.4, -0.2) is 82.9 Å². The van der Waals surface area contributed by atoms with E-state index in [2.05, 4.69) is 25.9 Å². The summed E-state index contributed by atoms with van der Waals surface area (Å²) < 4.78 is 0. The Labute approximate surface area is 248 Å². The zero-order valence-corrected chi connectivity index (χ0v) is 23.9. The number of nitrogens with one attached hydrogen (secondary N) is 4. The molecule has 0 aliphatic heterocycles. The van der Waals surface area contributed by atoms with Crippen molar-refractivity contribution in [1.29, 1.82) is 0 Å². The number of fused-ring (bicyclic) bond motifs is 1. The summed E-state index contributed by atoms with van der Waals surface area (Å²) in [7, 11) is 0. The van der Waals surface area contributed by atoms with Gasteiger partial charge in [0.05, 0.1) is 12.5 Å². The number of carboxylic acid groups (broad SMARTS) is 1. The highest BCUT2D eigenvalue weighted by atomic mass is 16.4. The van der Waals surface area contributed by atoms with Crippen LogP contribution in [0.4, 0.5) is 0 Å². The van der Waals surface area contributed by atoms with Gasteiger partial charge in [-0.25, -0.2) is 4.79 Å². The first-order valence-electron chi connectivity index (χ1n) is 13.9. The van der Waals surface area contributed by atoms with E-state index in [1.807, 2.05) is 24.3 Å². The Morgan fingerprint density at radius 2 is 1.51 bits per heavy atom. The van der Waals surface area contributed by atoms with Crippen molar-refractivity contribution >= 4 is 46.5 Å². The Morgan fingerprint density at radius 1 is 0.860 bits per heavy atom. The monoisotopic (exact) mass is 602 g/mol. The second-order valence-corrected chi connectivity index (χ2v) is 10.1. The van der Waals surface area contributed by atoms with Gasteiger partial charge in [0.2, 0.25) is 23.6 Å². The van der Waals surface area contributed by atoms with Crippen LogP contribution in [0.1, 0.15) is 44.1 Å². The lowest BCUT2D eigenvalue weighted by molar-refractivity contribution is -0.142. The molecule has 236 valence electrons. The largest absolute Gasteiger partial charge is 0.480 e. The number of aliphatic carboxylic acids is 1. The summed E-state index contributed by atoms with van der Waals surface area (Å²) in [5, 5.41) is 18.1. The molecular weight excluding hydrogens is 560 g/mol. The summed E-state index contributed by atoms with van der Waals surface area (Å²) in [5.74, 6) is -4.69. The van der Waals surface area contributed by atoms with Crippen LogP contribution < -0.4 is 44.6 Å². The van der Waals surface area contributed by atoms with E-state index in [1.54, 1.807) is 6.20 Å². The number of guanidine groups is 1. The molecule has 0 fully saturated rings. The summed E-state index contributed by atoms with van der Waals surface area (Å²) in [4.78, 5) is 69.9. The number of amides is 4. The molecule has 4 amide bonds. The zero-order valence-electron chi connectivity index (χ0n) is 23.9. The van der Waals surface area contributed by atoms with E-state index in [0.29, 0.717) is 31.4 Å². The number of aromatic amines is 1. The molecular formula is C27H42N10O6. The van der Waals surface area contributed by atoms with E-state index in [0.717, 1.165) is 10.9 Å². The topological polar surface area (TPSA) is 300 Å². The van der Waals surface area contributed by atoms with Gasteiger partial charge in [0.15, 0.2) is 5.96 Å². The van der Waals surface area contributed by atoms with Gasteiger partial charge in [-0.1, -0.05) is 24.6 Å². The van der Waals surface area contributed by atoms with Gasteiger partial charge in [0, 0.05) is 30.1 Å². The van der Waals surface area contributed by atoms with Gasteiger partial charge in [-0.15, -0.1) is 0 Å². The molecule has 0 aliphatic carbocycles. The molecule has 16 heteroatoms. The van der Waals surface area contributed by atoms with Crippen LogP contribution in [-0.2, 0) is 30.4 Å². The average molecular weight is 603 g/mol. The van der Waals surface area contributed by atoms with Gasteiger partial charge >= 0.3 is 5.97 Å². The van der Waals surface area contributed by atoms with Crippen LogP contribution in [0.25, 0.3) is 10.9 Å². The number of para-hydroxylation sites is 1. The Bertz CT molecular complexity index is 1290. The summed E-state index contributed by atoms with van der Waals surface area (Å²) >= 11 is 0. The zero-order chi connectivity index (χ0) is 31.9. The van der Waals surface area contributed by atoms with Crippen LogP contribution >= 0.6 is 0 Å². The van der Waals surface area contributed by atoms with Gasteiger partial charge in [-0.2, -0.15) is 0 Å². The highest BCUT2D eigenvalue weighted by Gasteiger charge is 2.31. The maximum atomic E-state index is 13.3. The van der Waals surface area contributed by atoms with E-state index in [1.165, 1.54) is 0 Å². The summed E-state index contributed by atoms with van der Waals surface area (Å²) in [6.45, 7) is 0.553. The van der Waals surface area contributed by atoms with Crippen molar-refractivity contribution in [3.05, 3.63) is 36.0 Å². The van der Waals surface area contributed by atoms with E-state index >= 15 is 0 Å². The number of aromatic nitrogens is 1. The smallest absolute Gasteiger partial charge is 0.326 e. The highest BCUT2D eigenvalue weighted by Crippen LogP contribution is 2.19. The maximum Gasteiger partial charge on any atom is 0.326 e. The van der Waals surface area contributed by atoms with Crippen molar-refractivity contribution < 1.29 is 29.1 Å². The fraction of sp³-hybridized carbons (Fsp3) is 0.481. The number of H-pyrrole nitrogens is 1. The lowest BCUT2D eigenvalue weighted by Crippen LogP contribution is -2.58. The summed E-state index contributed by atoms with van der Waals surface area (Å²) in [6.07, 6.45) is 2.84. The molecule has 0 aliphatic rings. The third-order valence-electron chi connectivity index (χ3n) is 6.64. The number of rotatable bonds is 19. The van der Waals surface area contributed by atoms with Gasteiger partial charge in [0.25, 0.3) is 0 Å². The predicted molar refractivity (Wildman–Crippen MR) is 160 cm³/mol. The Kier molecular flexibility index (Phi) is 13.9. The number of hydrogen-bond donors (Lipinski definition) is 10. The molecule has 4 atom stereocenters. The third kappa shape index (κ3) is 11.6. The number of hydrogen-bond acceptors (Lipinski definition) is 8. The molecule has 0 bridgehead atoms. The number of unbranched alkanes of at least 4 members (excludes halogenated alkanes) is 1. The second-order valence-electron chi connectivity index (χ2n) is 10.1. The first kappa shape index (κ1) is 34.5. The first-order chi connectivity index (χ1) is 20.4. The van der Waals surface area contributed by atoms with E-state index < -0.39 is 60.2 Å². The van der Waals surface area contributed by atoms with Crippen LogP contribution in [0, 0.1) is 0 Å². The Morgan fingerprint density at radius 3 is 2.16 bits per heavy atom. The molecule has 4 unspecified atom stereocenters. The lowest BCUT2D eigenvalue weighted by atomic mass is 10.0. The van der Waals surface area contributed by atoms with Crippen molar-refractivity contribution in [2.45, 2.75) is 69.1 Å². The highest BCUT2D eigenvalue weighted by molar-refractivity contribution is 5.96. The minimum atomic E-state index is -1.43. The van der Waals surface area contributed by atoms with Crippen molar-refractivity contribution in [1.82, 2.24) is 20.9 Å². The van der Waals surface area contributed by atoms with E-state index in [4.69, 9.17) is 28.7 Å². The third-order valence-corrected chi connectivity index (χ3v) is 6.64. The van der Waals surface area contributed by atoms with Crippen molar-refractivity contribution in [3.63, 3.8) is 0 Å². The lowest BCUT2D eigenvalue weighted by Gasteiger charge is -2.25. The fourth-order valence-electron chi connectivity index (χ4n) is 4.37. The number of carboxylic acids is 1. The number of primary amides is 1. The minimum absolute atomic E-state index is 0.00359. The number of benzene rings is 1. The SMILES string of the molecule is NCCCCC(N)C(=O)NC(CC(N)=O)C(=O)NC(CCCN=C(N)N)C(=O)NC(Cc1c[nH]c2ccccc12)C(=O)O. The Balaban J connectivity index is 2.20. The normalized spacial score (nSPS) is 13.7. The number of nitrogens with zero attached hydrogens (tertiary/aromatic N) is 1. The second kappa shape index (κ2) is 17.3. The molecule has 43 heavy (non-hydrogen) atoms. The summed E-state index contributed by atoms with van der Waals surface area (Å²) in [6, 6.07) is 2.31. The molecule has 2 aromatic rings. The van der Waals surface area contributed by atoms with Crippen LogP contribution in [0.15, 0.2) is 35.5 Å². The van der Waals surface area contributed by atoms with E-state index in [-0.39, 0.29) is 31.8 Å². The molecule has 15 N–H and O–H groups in total. The molecule has 1 aromatic carbocycles. The molecule has 0 spiro atoms. The van der Waals surface area contributed by atoms with Crippen molar-refractivity contribution in [3.8, 4) is 0 Å². The van der Waals surface area contributed by atoms with Crippen LogP contribution in [0.5, 0.6) is 0 Å². The minimum Gasteiger partial charge on any atom is -0.480 e. The van der Waals surface area contributed by atoms with Crippen molar-refractivity contribution in [2.24, 2.45) is 33.7 Å². The molecule has 0 saturated heterocycles. The Hall–Kier alpha value is -4.70. The van der Waals surface area contributed by atoms with Gasteiger partial charge in [0.1, 0.15) is 18.1 Å². The maximum absolute atomic E-state index is 13.3. The molecule has 1 aromatic heterocycles. The van der Waals surface area contributed by atoms with E-state index in [9.17, 15) is 29.1 Å². The standard InChI is InChI=1S/C27H42N10O6/c28-10-4-3-7-17(29)23(39)36-20(13-22(30)38)25(41)35-19(9-5-11-33-27(31)32)24(40)37-21(26(42)43)12-15-14-34-18-8-2-1-6-16(15)18/h1-2,6,8,14,17,19-21,34H,3-5,7,9-13,28-29H2,(H2,30,38)(H,35,41)(H,36,39)(H,37,40)(H,42,43)(H4,31,32,33). The van der Waals surface area contributed by atoms with Gasteiger partial charge in [-0.3, -0.25) is 24.2 Å². The molecule has 0 radical (unpaired) electrons. The fourth-order valence-corrected chi connectivity index (χ4v) is 4.37. The number of carbonyl (C=O) groups excluding carboxylic acids is 4. The number of nitrogens with two attached hydrogens (primary N) is 5. The van der Waals surface area contributed by atoms with Gasteiger partial charge in [-0.05, 0) is 43.9 Å². The summed E-state index contributed by atoms with van der Waals surface area (Å²) in [5.41, 5.74) is 28.9. The van der Waals surface area contributed by atoms with Crippen LogP contribution in [0.2, 0.25) is 0 Å². The average Bonchev–Trinajstić information content (AvgIpc) is 3.36. The molecule has 16 nitrogen and oxygen atoms in total. The quantitative estimate of drug-likeness (QED) is 0.0463. The van der Waals surface area contributed by atoms with Crippen molar-refractivity contribution in [2.75, 3.05) is 13.1 Å².